The lowest BCUT2D eigenvalue weighted by Crippen LogP contribution is -2.40. The summed E-state index contributed by atoms with van der Waals surface area (Å²) < 4.78 is 22.9. The molecule has 0 radical (unpaired) electrons. The Bertz CT molecular complexity index is 3050. The van der Waals surface area contributed by atoms with Gasteiger partial charge in [-0.25, -0.2) is 19.0 Å². The number of esters is 1. The third-order valence-corrected chi connectivity index (χ3v) is 13.2. The molecule has 0 bridgehead atoms. The fourth-order valence-electron chi connectivity index (χ4n) is 9.29. The summed E-state index contributed by atoms with van der Waals surface area (Å²) in [6.07, 6.45) is 8.33. The number of aromatic nitrogens is 6. The monoisotopic (exact) mass is 999 g/mol. The van der Waals surface area contributed by atoms with E-state index in [0.29, 0.717) is 64.2 Å². The van der Waals surface area contributed by atoms with E-state index in [1.54, 1.807) is 31.3 Å². The van der Waals surface area contributed by atoms with Gasteiger partial charge in [-0.05, 0) is 92.8 Å². The van der Waals surface area contributed by atoms with Gasteiger partial charge in [-0.3, -0.25) is 38.2 Å². The van der Waals surface area contributed by atoms with E-state index in [9.17, 15) is 33.6 Å². The van der Waals surface area contributed by atoms with E-state index in [1.165, 1.54) is 36.5 Å². The largest absolute Gasteiger partial charge is 0.468 e. The molecule has 5 heterocycles. The zero-order valence-electron chi connectivity index (χ0n) is 40.7. The number of ether oxygens (including phenoxy) is 1. The van der Waals surface area contributed by atoms with Crippen molar-refractivity contribution >= 4 is 80.5 Å². The number of amides is 5. The minimum absolute atomic E-state index is 0.0167. The number of aryl methyl sites for hydroxylation is 1. The van der Waals surface area contributed by atoms with Gasteiger partial charge in [0.05, 0.1) is 42.8 Å². The van der Waals surface area contributed by atoms with Gasteiger partial charge in [0, 0.05) is 74.0 Å². The summed E-state index contributed by atoms with van der Waals surface area (Å²) in [6.45, 7) is 4.02. The lowest BCUT2D eigenvalue weighted by atomic mass is 9.89. The maximum absolute atomic E-state index is 15.8. The van der Waals surface area contributed by atoms with Crippen LogP contribution in [0.2, 0.25) is 0 Å². The number of nitrogens with one attached hydrogen (secondary N) is 4. The summed E-state index contributed by atoms with van der Waals surface area (Å²) in [7, 11) is 1.19. The Balaban J connectivity index is 0.780. The van der Waals surface area contributed by atoms with Crippen molar-refractivity contribution in [3.8, 4) is 11.1 Å². The number of piperidine rings is 2. The standard InChI is InChI=1S/C51H58FN13O8/c1-31-48-36(8-6-9-39(48)64(61-31)30-44(68)55-28-43(67)56-29-47(71)73-2)37-25-40-34(24-38(37)52)26-58-65(40)46(70)16-15-42(66)54-19-7-10-45(69)63-22-17-33(18-23-63)32-11-13-35(14-12-32)59-51-49(50(53)72)57-27-41(60-51)62-20-4-3-5-21-62/h6,8-9,11-14,24-27,33H,3-5,7,10,15-23,28-30H2,1-2H3,(H2,53,72)(H,54,66)(H,55,68)(H,56,67)(H,59,60). The van der Waals surface area contributed by atoms with E-state index >= 15 is 4.39 Å². The van der Waals surface area contributed by atoms with Crippen LogP contribution in [0, 0.1) is 12.7 Å². The SMILES string of the molecule is COC(=O)CNC(=O)CNC(=O)Cn1nc(C)c2c(-c3cc4c(cnn4C(=O)CCC(=O)NCCCC(=O)N4CCC(c5ccc(Nc6nc(N7CCCCC7)cnc6C(N)=O)cc5)CC4)cc3F)cccc21. The van der Waals surface area contributed by atoms with E-state index in [2.05, 4.69) is 46.1 Å². The van der Waals surface area contributed by atoms with Crippen molar-refractivity contribution in [3.05, 3.63) is 89.8 Å². The fraction of sp³-hybridized carbons (Fsp3) is 0.392. The highest BCUT2D eigenvalue weighted by atomic mass is 19.1. The summed E-state index contributed by atoms with van der Waals surface area (Å²) in [6, 6.07) is 15.9. The number of halogens is 1. The van der Waals surface area contributed by atoms with E-state index in [1.807, 2.05) is 29.2 Å². The molecule has 0 atom stereocenters. The number of rotatable bonds is 19. The number of hydrogen-bond acceptors (Lipinski definition) is 14. The molecule has 6 aromatic rings. The zero-order valence-corrected chi connectivity index (χ0v) is 40.7. The van der Waals surface area contributed by atoms with E-state index < -0.39 is 35.4 Å². The van der Waals surface area contributed by atoms with Gasteiger partial charge in [0.25, 0.3) is 5.91 Å². The van der Waals surface area contributed by atoms with Gasteiger partial charge in [-0.15, -0.1) is 0 Å². The van der Waals surface area contributed by atoms with E-state index in [-0.39, 0.29) is 74.4 Å². The Hall–Kier alpha value is -8.30. The van der Waals surface area contributed by atoms with Crippen molar-refractivity contribution < 1.29 is 42.7 Å². The normalized spacial score (nSPS) is 14.0. The Labute approximate surface area is 419 Å². The number of anilines is 3. The quantitative estimate of drug-likeness (QED) is 0.0561. The van der Waals surface area contributed by atoms with Crippen LogP contribution in [0.4, 0.5) is 21.7 Å². The van der Waals surface area contributed by atoms with Gasteiger partial charge >= 0.3 is 5.97 Å². The van der Waals surface area contributed by atoms with Crippen molar-refractivity contribution in [1.29, 1.82) is 0 Å². The number of nitrogens with zero attached hydrogens (tertiary/aromatic N) is 8. The predicted octanol–water partition coefficient (Wildman–Crippen LogP) is 4.25. The number of hydrogen-bond donors (Lipinski definition) is 5. The molecule has 2 aliphatic rings. The summed E-state index contributed by atoms with van der Waals surface area (Å²) in [5.41, 5.74) is 9.61. The van der Waals surface area contributed by atoms with Gasteiger partial charge < -0.3 is 41.5 Å². The molecule has 0 saturated carbocycles. The summed E-state index contributed by atoms with van der Waals surface area (Å²) in [4.78, 5) is 101. The van der Waals surface area contributed by atoms with Crippen molar-refractivity contribution in [3.63, 3.8) is 0 Å². The average Bonchev–Trinajstić information content (AvgIpc) is 3.97. The third-order valence-electron chi connectivity index (χ3n) is 13.2. The Morgan fingerprint density at radius 3 is 2.29 bits per heavy atom. The molecule has 6 N–H and O–H groups in total. The molecule has 8 rings (SSSR count). The average molecular weight is 1000 g/mol. The number of nitrogens with two attached hydrogens (primary N) is 1. The minimum Gasteiger partial charge on any atom is -0.468 e. The van der Waals surface area contributed by atoms with Crippen molar-refractivity contribution in [2.45, 2.75) is 77.2 Å². The van der Waals surface area contributed by atoms with Crippen LogP contribution in [0.3, 0.4) is 0 Å². The molecule has 382 valence electrons. The van der Waals surface area contributed by atoms with Crippen LogP contribution in [-0.2, 0) is 35.3 Å². The molecule has 0 unspecified atom stereocenters. The molecule has 0 spiro atoms. The molecule has 3 aromatic heterocycles. The predicted molar refractivity (Wildman–Crippen MR) is 268 cm³/mol. The van der Waals surface area contributed by atoms with Crippen LogP contribution in [-0.4, -0.2) is 129 Å². The molecule has 21 nitrogen and oxygen atoms in total. The number of benzene rings is 3. The lowest BCUT2D eigenvalue weighted by molar-refractivity contribution is -0.141. The first-order chi connectivity index (χ1) is 35.3. The van der Waals surface area contributed by atoms with Crippen molar-refractivity contribution in [1.82, 2.24) is 50.4 Å². The number of fused-ring (bicyclic) bond motifs is 2. The number of primary amides is 1. The fourth-order valence-corrected chi connectivity index (χ4v) is 9.29. The van der Waals surface area contributed by atoms with Crippen LogP contribution in [0.5, 0.6) is 0 Å². The lowest BCUT2D eigenvalue weighted by Gasteiger charge is -2.32. The van der Waals surface area contributed by atoms with Gasteiger partial charge in [0.1, 0.15) is 24.7 Å². The third kappa shape index (κ3) is 12.4. The van der Waals surface area contributed by atoms with Gasteiger partial charge in [0.15, 0.2) is 11.5 Å². The summed E-state index contributed by atoms with van der Waals surface area (Å²) in [5, 5.41) is 20.5. The molecule has 5 amide bonds. The second kappa shape index (κ2) is 23.3. The first kappa shape index (κ1) is 51.1. The number of likely N-dealkylation sites (tertiary alicyclic amines) is 1. The van der Waals surface area contributed by atoms with Crippen LogP contribution < -0.4 is 31.9 Å². The molecular formula is C51H58FN13O8. The molecule has 73 heavy (non-hydrogen) atoms. The van der Waals surface area contributed by atoms with Crippen molar-refractivity contribution in [2.75, 3.05) is 63.1 Å². The smallest absolute Gasteiger partial charge is 0.325 e. The highest BCUT2D eigenvalue weighted by Crippen LogP contribution is 2.35. The molecule has 2 fully saturated rings. The molecule has 2 aliphatic heterocycles. The Morgan fingerprint density at radius 2 is 1.55 bits per heavy atom. The highest BCUT2D eigenvalue weighted by molar-refractivity contribution is 6.01. The van der Waals surface area contributed by atoms with Crippen LogP contribution in [0.1, 0.15) is 90.2 Å². The van der Waals surface area contributed by atoms with Gasteiger partial charge in [-0.2, -0.15) is 10.2 Å². The molecule has 3 aromatic carbocycles. The van der Waals surface area contributed by atoms with E-state index in [0.717, 1.165) is 54.7 Å². The number of carbonyl (C=O) groups is 7. The number of carbonyl (C=O) groups excluding carboxylic acids is 7. The molecule has 2 saturated heterocycles. The maximum Gasteiger partial charge on any atom is 0.325 e. The van der Waals surface area contributed by atoms with E-state index in [4.69, 9.17) is 10.7 Å². The topological polar surface area (TPSA) is 271 Å². The minimum atomic E-state index is -0.660. The summed E-state index contributed by atoms with van der Waals surface area (Å²) >= 11 is 0. The Kier molecular flexibility index (Phi) is 16.3. The van der Waals surface area contributed by atoms with Crippen LogP contribution >= 0.6 is 0 Å². The first-order valence-electron chi connectivity index (χ1n) is 24.4. The number of methoxy groups -OCH3 is 1. The van der Waals surface area contributed by atoms with Crippen molar-refractivity contribution in [2.24, 2.45) is 5.73 Å². The second-order valence-electron chi connectivity index (χ2n) is 18.1. The van der Waals surface area contributed by atoms with Gasteiger partial charge in [0.2, 0.25) is 29.5 Å². The van der Waals surface area contributed by atoms with Gasteiger partial charge in [-0.1, -0.05) is 24.3 Å². The zero-order chi connectivity index (χ0) is 51.6. The molecule has 0 aliphatic carbocycles. The maximum atomic E-state index is 15.8. The first-order valence-corrected chi connectivity index (χ1v) is 24.4. The van der Waals surface area contributed by atoms with Crippen LogP contribution in [0.15, 0.2) is 67.0 Å². The highest BCUT2D eigenvalue weighted by Gasteiger charge is 2.25. The Morgan fingerprint density at radius 1 is 0.795 bits per heavy atom. The molecule has 22 heteroatoms. The van der Waals surface area contributed by atoms with Crippen LogP contribution in [0.25, 0.3) is 32.9 Å². The second-order valence-corrected chi connectivity index (χ2v) is 18.1. The molecular weight excluding hydrogens is 942 g/mol. The summed E-state index contributed by atoms with van der Waals surface area (Å²) in [5.74, 6) is -2.48.